The summed E-state index contributed by atoms with van der Waals surface area (Å²) in [5, 5.41) is 0. The first-order valence-electron chi connectivity index (χ1n) is 24.3. The van der Waals surface area contributed by atoms with E-state index < -0.39 is 13.9 Å². The first-order valence-corrected chi connectivity index (χ1v) is 25.8. The van der Waals surface area contributed by atoms with Gasteiger partial charge in [-0.25, -0.2) is 4.57 Å². The summed E-state index contributed by atoms with van der Waals surface area (Å²) >= 11 is 0. The fourth-order valence-electron chi connectivity index (χ4n) is 6.63. The quantitative estimate of drug-likeness (QED) is 0.0269. The molecule has 0 aromatic rings. The van der Waals surface area contributed by atoms with Crippen LogP contribution >= 0.6 is 7.82 Å². The Balaban J connectivity index is 3.99. The minimum atomic E-state index is -4.29. The lowest BCUT2D eigenvalue weighted by Crippen LogP contribution is -2.28. The lowest BCUT2D eigenvalue weighted by atomic mass is 10.1. The molecule has 0 saturated heterocycles. The molecule has 344 valence electrons. The van der Waals surface area contributed by atoms with Gasteiger partial charge in [-0.05, 0) is 77.0 Å². The van der Waals surface area contributed by atoms with Gasteiger partial charge in [-0.3, -0.25) is 13.8 Å². The maximum Gasteiger partial charge on any atom is 0.472 e. The number of rotatable bonds is 46. The topological polar surface area (TPSA) is 117 Å². The van der Waals surface area contributed by atoms with Crippen LogP contribution in [0.5, 0.6) is 0 Å². The van der Waals surface area contributed by atoms with Crippen LogP contribution in [0.15, 0.2) is 60.8 Å². The molecule has 9 heteroatoms. The molecule has 0 radical (unpaired) electrons. The number of hydrogen-bond donors (Lipinski definition) is 2. The predicted molar refractivity (Wildman–Crippen MR) is 252 cm³/mol. The average molecular weight is 850 g/mol. The Morgan fingerprint density at radius 2 is 0.949 bits per heavy atom. The van der Waals surface area contributed by atoms with Gasteiger partial charge < -0.3 is 20.1 Å². The molecule has 0 amide bonds. The lowest BCUT2D eigenvalue weighted by molar-refractivity contribution is -0.154. The first-order chi connectivity index (χ1) is 28.9. The minimum absolute atomic E-state index is 0.0967. The van der Waals surface area contributed by atoms with Crippen molar-refractivity contribution in [2.24, 2.45) is 5.73 Å². The summed E-state index contributed by atoms with van der Waals surface area (Å²) in [5.74, 6) is -0.337. The molecule has 3 N–H and O–H groups in total. The number of allylic oxidation sites excluding steroid dienone is 10. The van der Waals surface area contributed by atoms with Crippen LogP contribution in [0.3, 0.4) is 0 Å². The summed E-state index contributed by atoms with van der Waals surface area (Å²) in [6.45, 7) is 4.80. The van der Waals surface area contributed by atoms with Crippen molar-refractivity contribution < 1.29 is 32.8 Å². The van der Waals surface area contributed by atoms with Crippen LogP contribution in [0, 0.1) is 0 Å². The number of carbonyl (C=O) groups excluding carboxylic acids is 1. The number of esters is 1. The number of phosphoric acid groups is 1. The maximum atomic E-state index is 12.6. The van der Waals surface area contributed by atoms with E-state index in [1.807, 2.05) is 0 Å². The normalized spacial score (nSPS) is 13.9. The Kier molecular flexibility index (Phi) is 45.8. The number of hydrogen-bond acceptors (Lipinski definition) is 7. The fraction of sp³-hybridized carbons (Fsp3) is 0.780. The van der Waals surface area contributed by atoms with E-state index in [-0.39, 0.29) is 32.3 Å². The third-order valence-electron chi connectivity index (χ3n) is 10.2. The van der Waals surface area contributed by atoms with E-state index in [9.17, 15) is 14.3 Å². The molecule has 59 heavy (non-hydrogen) atoms. The second-order valence-electron chi connectivity index (χ2n) is 15.9. The number of carbonyl (C=O) groups is 1. The molecule has 0 fully saturated rings. The van der Waals surface area contributed by atoms with Crippen LogP contribution in [0.1, 0.15) is 213 Å². The molecule has 2 atom stereocenters. The van der Waals surface area contributed by atoms with E-state index in [4.69, 9.17) is 24.3 Å². The van der Waals surface area contributed by atoms with Crippen LogP contribution in [0.25, 0.3) is 0 Å². The Morgan fingerprint density at radius 3 is 1.44 bits per heavy atom. The minimum Gasteiger partial charge on any atom is -0.457 e. The van der Waals surface area contributed by atoms with Crippen LogP contribution in [-0.2, 0) is 27.9 Å². The van der Waals surface area contributed by atoms with Crippen LogP contribution in [0.2, 0.25) is 0 Å². The zero-order chi connectivity index (χ0) is 43.0. The highest BCUT2D eigenvalue weighted by Crippen LogP contribution is 2.43. The number of ether oxygens (including phenoxy) is 2. The molecule has 0 aliphatic heterocycles. The molecule has 8 nitrogen and oxygen atoms in total. The van der Waals surface area contributed by atoms with Gasteiger partial charge in [0.25, 0.3) is 0 Å². The summed E-state index contributed by atoms with van der Waals surface area (Å²) in [7, 11) is -4.29. The van der Waals surface area contributed by atoms with Gasteiger partial charge >= 0.3 is 13.8 Å². The Bertz CT molecular complexity index is 1090. The molecular formula is C50H92NO7P. The molecule has 0 aliphatic carbocycles. The average Bonchev–Trinajstić information content (AvgIpc) is 3.23. The second-order valence-corrected chi connectivity index (χ2v) is 17.4. The monoisotopic (exact) mass is 850 g/mol. The van der Waals surface area contributed by atoms with Gasteiger partial charge in [-0.15, -0.1) is 0 Å². The van der Waals surface area contributed by atoms with Crippen LogP contribution < -0.4 is 5.73 Å². The van der Waals surface area contributed by atoms with E-state index >= 15 is 0 Å². The summed E-state index contributed by atoms with van der Waals surface area (Å²) in [6.07, 6.45) is 58.1. The molecular weight excluding hydrogens is 758 g/mol. The van der Waals surface area contributed by atoms with E-state index in [1.165, 1.54) is 135 Å². The van der Waals surface area contributed by atoms with Gasteiger partial charge in [0.1, 0.15) is 6.10 Å². The van der Waals surface area contributed by atoms with Crippen molar-refractivity contribution in [1.82, 2.24) is 0 Å². The predicted octanol–water partition coefficient (Wildman–Crippen LogP) is 14.9. The van der Waals surface area contributed by atoms with Crippen molar-refractivity contribution in [3.63, 3.8) is 0 Å². The third kappa shape index (κ3) is 47.1. The van der Waals surface area contributed by atoms with E-state index in [0.717, 1.165) is 57.8 Å². The van der Waals surface area contributed by atoms with E-state index in [2.05, 4.69) is 74.6 Å². The molecule has 0 saturated carbocycles. The van der Waals surface area contributed by atoms with Gasteiger partial charge in [0.05, 0.1) is 19.8 Å². The molecule has 0 bridgehead atoms. The van der Waals surface area contributed by atoms with Gasteiger partial charge in [0.15, 0.2) is 0 Å². The Hall–Kier alpha value is -1.80. The summed E-state index contributed by atoms with van der Waals surface area (Å²) in [4.78, 5) is 22.6. The first kappa shape index (κ1) is 57.2. The van der Waals surface area contributed by atoms with Crippen molar-refractivity contribution in [2.45, 2.75) is 219 Å². The second kappa shape index (κ2) is 47.3. The molecule has 0 heterocycles. The Labute approximate surface area is 363 Å². The third-order valence-corrected chi connectivity index (χ3v) is 11.2. The molecule has 2 unspecified atom stereocenters. The van der Waals surface area contributed by atoms with Crippen molar-refractivity contribution in [3.05, 3.63) is 60.8 Å². The summed E-state index contributed by atoms with van der Waals surface area (Å²) in [6, 6.07) is 0. The lowest BCUT2D eigenvalue weighted by Gasteiger charge is -2.20. The highest BCUT2D eigenvalue weighted by Gasteiger charge is 2.25. The van der Waals surface area contributed by atoms with Gasteiger partial charge in [-0.1, -0.05) is 190 Å². The van der Waals surface area contributed by atoms with E-state index in [1.54, 1.807) is 0 Å². The smallest absolute Gasteiger partial charge is 0.457 e. The van der Waals surface area contributed by atoms with Crippen LogP contribution in [-0.4, -0.2) is 49.9 Å². The van der Waals surface area contributed by atoms with Crippen molar-refractivity contribution in [1.29, 1.82) is 0 Å². The molecule has 0 aliphatic rings. The number of unbranched alkanes of at least 4 members (excludes halogenated alkanes) is 23. The molecule has 0 aromatic heterocycles. The summed E-state index contributed by atoms with van der Waals surface area (Å²) in [5.41, 5.74) is 5.38. The zero-order valence-electron chi connectivity index (χ0n) is 38.2. The van der Waals surface area contributed by atoms with Gasteiger partial charge in [0.2, 0.25) is 0 Å². The van der Waals surface area contributed by atoms with Crippen molar-refractivity contribution in [3.8, 4) is 0 Å². The molecule has 0 aromatic carbocycles. The largest absolute Gasteiger partial charge is 0.472 e. The molecule has 0 rings (SSSR count). The maximum absolute atomic E-state index is 12.6. The van der Waals surface area contributed by atoms with Crippen LogP contribution in [0.4, 0.5) is 0 Å². The summed E-state index contributed by atoms with van der Waals surface area (Å²) < 4.78 is 33.5. The standard InChI is InChI=1S/C50H92NO7P/c1-3-5-7-9-11-13-15-17-19-21-23-24-25-26-28-30-32-34-36-38-40-42-45-55-47-49(48-57-59(53,54)56-46-44-51)58-50(52)43-41-39-37-35-33-31-29-27-22-20-18-16-14-12-10-8-6-4-2/h5,7,11,13,17,19-20,22-24,49H,3-4,6,8-10,12,14-16,18,21,25-48,51H2,1-2H3,(H,53,54)/b7-5-,13-11-,19-17-,22-20-,24-23-. The van der Waals surface area contributed by atoms with Gasteiger partial charge in [0, 0.05) is 19.6 Å². The van der Waals surface area contributed by atoms with Crippen molar-refractivity contribution in [2.75, 3.05) is 33.0 Å². The number of phosphoric ester groups is 1. The van der Waals surface area contributed by atoms with E-state index in [0.29, 0.717) is 13.0 Å². The highest BCUT2D eigenvalue weighted by atomic mass is 31.2. The number of nitrogens with two attached hydrogens (primary N) is 1. The highest BCUT2D eigenvalue weighted by molar-refractivity contribution is 7.47. The van der Waals surface area contributed by atoms with Crippen molar-refractivity contribution >= 4 is 13.8 Å². The van der Waals surface area contributed by atoms with Gasteiger partial charge in [-0.2, -0.15) is 0 Å². The molecule has 0 spiro atoms. The fourth-order valence-corrected chi connectivity index (χ4v) is 7.40. The SMILES string of the molecule is CC/C=C\C/C=C\C/C=C\C/C=C\CCCCCCCCCCCOCC(COP(=O)(O)OCCN)OC(=O)CCCCCCCCC/C=C\CCCCCCCCC. The zero-order valence-corrected chi connectivity index (χ0v) is 39.1. The Morgan fingerprint density at radius 1 is 0.525 bits per heavy atom.